The van der Waals surface area contributed by atoms with Crippen molar-refractivity contribution in [3.8, 4) is 0 Å². The third kappa shape index (κ3) is 13.0. The zero-order chi connectivity index (χ0) is 25.0. The van der Waals surface area contributed by atoms with Gasteiger partial charge >= 0.3 is 11.9 Å². The van der Waals surface area contributed by atoms with E-state index in [0.29, 0.717) is 18.7 Å². The number of methoxy groups -OCH3 is 1. The Labute approximate surface area is 206 Å². The topological polar surface area (TPSA) is 64.6 Å². The first kappa shape index (κ1) is 29.9. The maximum atomic E-state index is 14.4. The van der Waals surface area contributed by atoms with E-state index in [1.807, 2.05) is 0 Å². The maximum absolute atomic E-state index is 14.4. The van der Waals surface area contributed by atoms with Crippen molar-refractivity contribution < 1.29 is 23.5 Å². The predicted molar refractivity (Wildman–Crippen MR) is 137 cm³/mol. The summed E-state index contributed by atoms with van der Waals surface area (Å²) in [6, 6.07) is 4.18. The fourth-order valence-electron chi connectivity index (χ4n) is 3.95. The minimum atomic E-state index is -0.987. The molecule has 194 valence electrons. The largest absolute Gasteiger partial charge is 0.466 e. The summed E-state index contributed by atoms with van der Waals surface area (Å²) < 4.78 is 24.1. The second kappa shape index (κ2) is 19.2. The number of carbonyl (C=O) groups is 2. The maximum Gasteiger partial charge on any atom is 0.347 e. The quantitative estimate of drug-likeness (QED) is 0.152. The van der Waals surface area contributed by atoms with Crippen molar-refractivity contribution in [3.63, 3.8) is 0 Å². The number of carbonyl (C=O) groups excluding carboxylic acids is 2. The summed E-state index contributed by atoms with van der Waals surface area (Å²) >= 11 is 0. The lowest BCUT2D eigenvalue weighted by Crippen LogP contribution is -2.27. The number of ether oxygens (including phenoxy) is 2. The van der Waals surface area contributed by atoms with Crippen LogP contribution in [0.4, 0.5) is 10.1 Å². The molecule has 0 saturated carbocycles. The minimum Gasteiger partial charge on any atom is -0.466 e. The van der Waals surface area contributed by atoms with E-state index < -0.39 is 23.9 Å². The van der Waals surface area contributed by atoms with E-state index in [1.54, 1.807) is 6.92 Å². The molecule has 0 spiro atoms. The van der Waals surface area contributed by atoms with Gasteiger partial charge in [0.15, 0.2) is 6.10 Å². The van der Waals surface area contributed by atoms with Crippen LogP contribution in [-0.4, -0.2) is 31.7 Å². The molecule has 1 aromatic carbocycles. The molecule has 0 aliphatic heterocycles. The normalized spacial score (nSPS) is 11.8. The van der Waals surface area contributed by atoms with E-state index in [9.17, 15) is 14.0 Å². The summed E-state index contributed by atoms with van der Waals surface area (Å²) in [7, 11) is 1.23. The number of halogens is 1. The lowest BCUT2D eigenvalue weighted by molar-refractivity contribution is -0.151. The van der Waals surface area contributed by atoms with Crippen LogP contribution in [0.25, 0.3) is 0 Å². The number of hydrogen-bond acceptors (Lipinski definition) is 5. The summed E-state index contributed by atoms with van der Waals surface area (Å²) in [6.45, 7) is 4.66. The molecule has 1 rings (SSSR count). The van der Waals surface area contributed by atoms with Crippen LogP contribution in [0, 0.1) is 5.82 Å². The first-order valence-corrected chi connectivity index (χ1v) is 13.4. The first-order valence-electron chi connectivity index (χ1n) is 13.4. The van der Waals surface area contributed by atoms with Crippen molar-refractivity contribution in [2.75, 3.05) is 19.0 Å². The Morgan fingerprint density at radius 3 is 1.85 bits per heavy atom. The lowest BCUT2D eigenvalue weighted by Gasteiger charge is -2.14. The fourth-order valence-corrected chi connectivity index (χ4v) is 3.95. The van der Waals surface area contributed by atoms with Crippen LogP contribution in [0.5, 0.6) is 0 Å². The van der Waals surface area contributed by atoms with Crippen LogP contribution >= 0.6 is 0 Å². The van der Waals surface area contributed by atoms with Crippen molar-refractivity contribution in [1.82, 2.24) is 0 Å². The zero-order valence-corrected chi connectivity index (χ0v) is 21.6. The van der Waals surface area contributed by atoms with Gasteiger partial charge in [-0.3, -0.25) is 0 Å². The average molecular weight is 480 g/mol. The second-order valence-corrected chi connectivity index (χ2v) is 9.04. The number of unbranched alkanes of at least 4 members (excludes halogenated alkanes) is 13. The molecule has 0 saturated heterocycles. The molecule has 0 amide bonds. The van der Waals surface area contributed by atoms with Gasteiger partial charge < -0.3 is 14.8 Å². The Morgan fingerprint density at radius 2 is 1.38 bits per heavy atom. The van der Waals surface area contributed by atoms with Crippen molar-refractivity contribution in [2.24, 2.45) is 0 Å². The van der Waals surface area contributed by atoms with Crippen LogP contribution in [0.3, 0.4) is 0 Å². The fraction of sp³-hybridized carbons (Fsp3) is 0.714. The van der Waals surface area contributed by atoms with Crippen molar-refractivity contribution >= 4 is 17.6 Å². The third-order valence-corrected chi connectivity index (χ3v) is 6.13. The highest BCUT2D eigenvalue weighted by Crippen LogP contribution is 2.18. The molecule has 1 N–H and O–H groups in total. The van der Waals surface area contributed by atoms with Gasteiger partial charge in [0.25, 0.3) is 0 Å². The number of benzene rings is 1. The molecule has 0 fully saturated rings. The molecule has 0 aromatic heterocycles. The Balaban J connectivity index is 2.13. The molecule has 0 aliphatic rings. The number of nitrogens with one attached hydrogen (secondary N) is 1. The second-order valence-electron chi connectivity index (χ2n) is 9.04. The van der Waals surface area contributed by atoms with Gasteiger partial charge in [-0.2, -0.15) is 0 Å². The summed E-state index contributed by atoms with van der Waals surface area (Å²) in [4.78, 5) is 23.8. The van der Waals surface area contributed by atoms with Gasteiger partial charge in [0.1, 0.15) is 5.82 Å². The Bertz CT molecular complexity index is 695. The van der Waals surface area contributed by atoms with Crippen molar-refractivity contribution in [1.29, 1.82) is 0 Å². The minimum absolute atomic E-state index is 0.0712. The number of rotatable bonds is 20. The summed E-state index contributed by atoms with van der Waals surface area (Å²) in [5, 5.41) is 3.10. The van der Waals surface area contributed by atoms with E-state index in [4.69, 9.17) is 4.74 Å². The van der Waals surface area contributed by atoms with Gasteiger partial charge in [-0.25, -0.2) is 14.0 Å². The molecular weight excluding hydrogens is 433 g/mol. The smallest absolute Gasteiger partial charge is 0.347 e. The predicted octanol–water partition coefficient (Wildman–Crippen LogP) is 7.83. The standard InChI is InChI=1S/C28H46FNO4/c1-4-6-7-8-9-10-11-12-13-14-15-16-17-18-21-30-25-20-19-23(22-24(25)29)27(31)34-26(5-2)28(32)33-3/h19-20,22,26,30H,4-18,21H2,1-3H3. The number of anilines is 1. The molecule has 6 heteroatoms. The molecule has 0 aliphatic carbocycles. The van der Waals surface area contributed by atoms with Crippen LogP contribution in [0.1, 0.15) is 121 Å². The van der Waals surface area contributed by atoms with E-state index in [1.165, 1.54) is 96.3 Å². The van der Waals surface area contributed by atoms with Crippen LogP contribution in [0.15, 0.2) is 18.2 Å². The highest BCUT2D eigenvalue weighted by Gasteiger charge is 2.23. The van der Waals surface area contributed by atoms with Gasteiger partial charge in [-0.05, 0) is 31.0 Å². The molecular formula is C28H46FNO4. The highest BCUT2D eigenvalue weighted by atomic mass is 19.1. The Hall–Kier alpha value is -2.11. The monoisotopic (exact) mass is 479 g/mol. The van der Waals surface area contributed by atoms with Crippen LogP contribution in [0.2, 0.25) is 0 Å². The molecule has 5 nitrogen and oxygen atoms in total. The molecule has 0 bridgehead atoms. The Morgan fingerprint density at radius 1 is 0.853 bits per heavy atom. The van der Waals surface area contributed by atoms with E-state index in [2.05, 4.69) is 17.0 Å². The van der Waals surface area contributed by atoms with Crippen LogP contribution in [-0.2, 0) is 14.3 Å². The SMILES string of the molecule is CCCCCCCCCCCCCCCCNc1ccc(C(=O)OC(CC)C(=O)OC)cc1F. The lowest BCUT2D eigenvalue weighted by atomic mass is 10.0. The van der Waals surface area contributed by atoms with E-state index in [-0.39, 0.29) is 5.56 Å². The summed E-state index contributed by atoms with van der Waals surface area (Å²) in [5.74, 6) is -1.87. The number of hydrogen-bond donors (Lipinski definition) is 1. The summed E-state index contributed by atoms with van der Waals surface area (Å²) in [6.07, 6.45) is 17.6. The Kier molecular flexibility index (Phi) is 16.9. The number of esters is 2. The third-order valence-electron chi connectivity index (χ3n) is 6.13. The van der Waals surface area contributed by atoms with Gasteiger partial charge in [-0.1, -0.05) is 97.3 Å². The zero-order valence-electron chi connectivity index (χ0n) is 21.6. The van der Waals surface area contributed by atoms with E-state index >= 15 is 0 Å². The molecule has 34 heavy (non-hydrogen) atoms. The summed E-state index contributed by atoms with van der Waals surface area (Å²) in [5.41, 5.74) is 0.438. The highest BCUT2D eigenvalue weighted by molar-refractivity contribution is 5.91. The molecule has 1 unspecified atom stereocenters. The van der Waals surface area contributed by atoms with Crippen molar-refractivity contribution in [2.45, 2.75) is 116 Å². The van der Waals surface area contributed by atoms with Gasteiger partial charge in [-0.15, -0.1) is 0 Å². The van der Waals surface area contributed by atoms with Gasteiger partial charge in [0, 0.05) is 6.54 Å². The molecule has 0 heterocycles. The van der Waals surface area contributed by atoms with Crippen molar-refractivity contribution in [3.05, 3.63) is 29.6 Å². The van der Waals surface area contributed by atoms with Crippen LogP contribution < -0.4 is 5.32 Å². The molecule has 0 radical (unpaired) electrons. The molecule has 1 aromatic rings. The molecule has 1 atom stereocenters. The van der Waals surface area contributed by atoms with Gasteiger partial charge in [0.2, 0.25) is 0 Å². The van der Waals surface area contributed by atoms with E-state index in [0.717, 1.165) is 18.9 Å². The average Bonchev–Trinajstić information content (AvgIpc) is 2.85. The first-order chi connectivity index (χ1) is 16.5. The van der Waals surface area contributed by atoms with Gasteiger partial charge in [0.05, 0.1) is 18.4 Å².